The minimum Gasteiger partial charge on any atom is -0.356 e. The third-order valence-corrected chi connectivity index (χ3v) is 4.92. The van der Waals surface area contributed by atoms with Gasteiger partial charge in [-0.3, -0.25) is 9.59 Å². The van der Waals surface area contributed by atoms with Crippen molar-refractivity contribution in [1.82, 2.24) is 15.2 Å². The van der Waals surface area contributed by atoms with E-state index in [4.69, 9.17) is 11.6 Å². The molecule has 1 saturated heterocycles. The van der Waals surface area contributed by atoms with Gasteiger partial charge in [-0.1, -0.05) is 25.4 Å². The predicted octanol–water partition coefficient (Wildman–Crippen LogP) is 2.34. The van der Waals surface area contributed by atoms with Crippen molar-refractivity contribution in [1.29, 1.82) is 0 Å². The van der Waals surface area contributed by atoms with Crippen molar-refractivity contribution in [3.8, 4) is 0 Å². The molecule has 0 unspecified atom stereocenters. The zero-order valence-corrected chi connectivity index (χ0v) is 13.9. The fourth-order valence-corrected chi connectivity index (χ4v) is 3.31. The highest BCUT2D eigenvalue weighted by molar-refractivity contribution is 7.99. The van der Waals surface area contributed by atoms with Crippen LogP contribution >= 0.6 is 23.4 Å². The van der Waals surface area contributed by atoms with Gasteiger partial charge in [-0.05, 0) is 18.9 Å². The zero-order chi connectivity index (χ0) is 15.6. The van der Waals surface area contributed by atoms with Crippen LogP contribution in [0, 0.1) is 5.92 Å². The van der Waals surface area contributed by atoms with E-state index in [1.807, 2.05) is 6.92 Å². The number of hydrogen-bond acceptors (Lipinski definition) is 3. The van der Waals surface area contributed by atoms with Crippen LogP contribution in [-0.2, 0) is 4.79 Å². The lowest BCUT2D eigenvalue weighted by Gasteiger charge is -2.25. The summed E-state index contributed by atoms with van der Waals surface area (Å²) in [6.07, 6.45) is 1.56. The molecule has 7 heteroatoms. The molecule has 2 heterocycles. The molecule has 1 aromatic heterocycles. The van der Waals surface area contributed by atoms with Crippen LogP contribution < -0.4 is 5.32 Å². The van der Waals surface area contributed by atoms with Gasteiger partial charge in [0.1, 0.15) is 11.7 Å². The number of H-pyrrole nitrogens is 1. The first-order valence-electron chi connectivity index (χ1n) is 6.93. The molecule has 2 amide bonds. The Morgan fingerprint density at radius 1 is 1.48 bits per heavy atom. The van der Waals surface area contributed by atoms with Crippen LogP contribution in [0.1, 0.15) is 31.3 Å². The largest absolute Gasteiger partial charge is 0.356 e. The van der Waals surface area contributed by atoms with Crippen molar-refractivity contribution in [3.63, 3.8) is 0 Å². The molecule has 0 aromatic carbocycles. The monoisotopic (exact) mass is 329 g/mol. The standard InChI is InChI=1S/C14H20ClN3O2S/c1-8(2)9(3)17-13(19)12-6-21-7-18(12)14(20)11-4-10(15)5-16-11/h4-5,8-9,12,16H,6-7H2,1-3H3,(H,17,19)/t9-,12-/m1/s1. The van der Waals surface area contributed by atoms with E-state index in [1.54, 1.807) is 28.9 Å². The molecule has 1 aromatic rings. The summed E-state index contributed by atoms with van der Waals surface area (Å²) in [7, 11) is 0. The lowest BCUT2D eigenvalue weighted by molar-refractivity contribution is -0.125. The molecular weight excluding hydrogens is 310 g/mol. The molecule has 5 nitrogen and oxygen atoms in total. The summed E-state index contributed by atoms with van der Waals surface area (Å²) < 4.78 is 0. The maximum Gasteiger partial charge on any atom is 0.271 e. The van der Waals surface area contributed by atoms with Gasteiger partial charge >= 0.3 is 0 Å². The van der Waals surface area contributed by atoms with E-state index < -0.39 is 6.04 Å². The zero-order valence-electron chi connectivity index (χ0n) is 12.4. The molecule has 1 fully saturated rings. The van der Waals surface area contributed by atoms with Gasteiger partial charge in [0.2, 0.25) is 5.91 Å². The van der Waals surface area contributed by atoms with E-state index in [9.17, 15) is 9.59 Å². The van der Waals surface area contributed by atoms with E-state index in [2.05, 4.69) is 24.1 Å². The molecule has 0 radical (unpaired) electrons. The number of aromatic nitrogens is 1. The summed E-state index contributed by atoms with van der Waals surface area (Å²) in [5.41, 5.74) is 0.414. The second-order valence-corrected chi connectivity index (χ2v) is 7.00. The lowest BCUT2D eigenvalue weighted by atomic mass is 10.1. The minimum atomic E-state index is -0.425. The Kier molecular flexibility index (Phi) is 5.22. The average Bonchev–Trinajstić information content (AvgIpc) is 3.06. The van der Waals surface area contributed by atoms with Gasteiger partial charge in [-0.2, -0.15) is 0 Å². The molecule has 21 heavy (non-hydrogen) atoms. The third kappa shape index (κ3) is 3.74. The Balaban J connectivity index is 2.06. The van der Waals surface area contributed by atoms with Gasteiger partial charge < -0.3 is 15.2 Å². The maximum atomic E-state index is 12.4. The van der Waals surface area contributed by atoms with E-state index >= 15 is 0 Å². The van der Waals surface area contributed by atoms with Crippen molar-refractivity contribution in [2.45, 2.75) is 32.9 Å². The minimum absolute atomic E-state index is 0.0833. The fraction of sp³-hybridized carbons (Fsp3) is 0.571. The second kappa shape index (κ2) is 6.75. The van der Waals surface area contributed by atoms with Crippen LogP contribution in [0.15, 0.2) is 12.3 Å². The number of hydrogen-bond donors (Lipinski definition) is 2. The van der Waals surface area contributed by atoms with Gasteiger partial charge in [-0.15, -0.1) is 11.8 Å². The summed E-state index contributed by atoms with van der Waals surface area (Å²) >= 11 is 7.41. The maximum absolute atomic E-state index is 12.4. The summed E-state index contributed by atoms with van der Waals surface area (Å²) in [6, 6.07) is 1.24. The fourth-order valence-electron chi connectivity index (χ4n) is 1.99. The Labute approximate surface area is 133 Å². The normalized spacial score (nSPS) is 19.9. The molecule has 0 bridgehead atoms. The molecule has 0 saturated carbocycles. The van der Waals surface area contributed by atoms with Crippen LogP contribution in [-0.4, -0.2) is 45.4 Å². The summed E-state index contributed by atoms with van der Waals surface area (Å²) in [6.45, 7) is 6.08. The molecular formula is C14H20ClN3O2S. The Bertz CT molecular complexity index is 532. The Hall–Kier alpha value is -1.14. The predicted molar refractivity (Wildman–Crippen MR) is 85.5 cm³/mol. The second-order valence-electron chi connectivity index (χ2n) is 5.56. The molecule has 1 aliphatic heterocycles. The third-order valence-electron chi connectivity index (χ3n) is 3.69. The lowest BCUT2D eigenvalue weighted by Crippen LogP contribution is -2.50. The Morgan fingerprint density at radius 3 is 2.76 bits per heavy atom. The number of halogens is 1. The number of nitrogens with one attached hydrogen (secondary N) is 2. The van der Waals surface area contributed by atoms with Crippen LogP contribution in [0.4, 0.5) is 0 Å². The van der Waals surface area contributed by atoms with E-state index in [-0.39, 0.29) is 17.9 Å². The van der Waals surface area contributed by atoms with Crippen LogP contribution in [0.5, 0.6) is 0 Å². The van der Waals surface area contributed by atoms with E-state index in [1.165, 1.54) is 0 Å². The topological polar surface area (TPSA) is 65.2 Å². The SMILES string of the molecule is CC(C)[C@@H](C)NC(=O)[C@H]1CSCN1C(=O)c1cc(Cl)c[nH]1. The highest BCUT2D eigenvalue weighted by Gasteiger charge is 2.36. The summed E-state index contributed by atoms with van der Waals surface area (Å²) in [5, 5.41) is 3.47. The first-order chi connectivity index (χ1) is 9.90. The van der Waals surface area contributed by atoms with Crippen LogP contribution in [0.25, 0.3) is 0 Å². The molecule has 2 atom stereocenters. The van der Waals surface area contributed by atoms with Crippen molar-refractivity contribution in [3.05, 3.63) is 23.0 Å². The van der Waals surface area contributed by atoms with E-state index in [0.29, 0.717) is 28.3 Å². The van der Waals surface area contributed by atoms with Gasteiger partial charge in [0, 0.05) is 18.0 Å². The number of nitrogens with zero attached hydrogens (tertiary/aromatic N) is 1. The first kappa shape index (κ1) is 16.2. The molecule has 0 aliphatic carbocycles. The van der Waals surface area contributed by atoms with Gasteiger partial charge in [0.05, 0.1) is 10.9 Å². The van der Waals surface area contributed by atoms with E-state index in [0.717, 1.165) is 0 Å². The van der Waals surface area contributed by atoms with Crippen LogP contribution in [0.2, 0.25) is 5.02 Å². The number of thioether (sulfide) groups is 1. The van der Waals surface area contributed by atoms with Crippen molar-refractivity contribution >= 4 is 35.2 Å². The molecule has 2 N–H and O–H groups in total. The molecule has 116 valence electrons. The quantitative estimate of drug-likeness (QED) is 0.891. The highest BCUT2D eigenvalue weighted by Crippen LogP contribution is 2.24. The number of carbonyl (C=O) groups is 2. The number of aromatic amines is 1. The van der Waals surface area contributed by atoms with Gasteiger partial charge in [0.25, 0.3) is 5.91 Å². The van der Waals surface area contributed by atoms with Crippen molar-refractivity contribution < 1.29 is 9.59 Å². The van der Waals surface area contributed by atoms with Crippen LogP contribution in [0.3, 0.4) is 0 Å². The summed E-state index contributed by atoms with van der Waals surface area (Å²) in [4.78, 5) is 29.2. The summed E-state index contributed by atoms with van der Waals surface area (Å²) in [5.74, 6) is 1.21. The number of rotatable bonds is 4. The highest BCUT2D eigenvalue weighted by atomic mass is 35.5. The molecule has 1 aliphatic rings. The number of amides is 2. The Morgan fingerprint density at radius 2 is 2.19 bits per heavy atom. The smallest absolute Gasteiger partial charge is 0.271 e. The van der Waals surface area contributed by atoms with Gasteiger partial charge in [0.15, 0.2) is 0 Å². The molecule has 2 rings (SSSR count). The van der Waals surface area contributed by atoms with Gasteiger partial charge in [-0.25, -0.2) is 0 Å². The number of carbonyl (C=O) groups excluding carboxylic acids is 2. The van der Waals surface area contributed by atoms with Crippen molar-refractivity contribution in [2.75, 3.05) is 11.6 Å². The average molecular weight is 330 g/mol. The molecule has 0 spiro atoms. The van der Waals surface area contributed by atoms with Crippen molar-refractivity contribution in [2.24, 2.45) is 5.92 Å². The first-order valence-corrected chi connectivity index (χ1v) is 8.46.